The van der Waals surface area contributed by atoms with Crippen LogP contribution in [0.15, 0.2) is 24.3 Å². The summed E-state index contributed by atoms with van der Waals surface area (Å²) in [6.45, 7) is 1.59. The van der Waals surface area contributed by atoms with Crippen molar-refractivity contribution in [1.82, 2.24) is 0 Å². The fraction of sp³-hybridized carbons (Fsp3) is 0.182. The minimum Gasteiger partial charge on any atom is -0.289 e. The molecule has 74 valence electrons. The molecule has 4 nitrogen and oxygen atoms in total. The molecule has 0 radical (unpaired) electrons. The quantitative estimate of drug-likeness (QED) is 0.638. The second-order valence-electron chi connectivity index (χ2n) is 3.33. The Bertz CT molecular complexity index is 488. The number of rotatable bonds is 1. The van der Waals surface area contributed by atoms with Crippen molar-refractivity contribution in [2.24, 2.45) is 0 Å². The third-order valence-corrected chi connectivity index (χ3v) is 2.40. The van der Waals surface area contributed by atoms with Crippen LogP contribution in [0.3, 0.4) is 0 Å². The van der Waals surface area contributed by atoms with E-state index < -0.39 is 17.7 Å². The molecule has 15 heavy (non-hydrogen) atoms. The molecule has 1 unspecified atom stereocenters. The van der Waals surface area contributed by atoms with Crippen LogP contribution in [0.25, 0.3) is 0 Å². The van der Waals surface area contributed by atoms with Crippen LogP contribution in [-0.2, 0) is 4.79 Å². The molecular formula is C11H8N2O2. The molecule has 0 saturated carbocycles. The molecule has 0 spiro atoms. The van der Waals surface area contributed by atoms with Gasteiger partial charge in [0, 0.05) is 0 Å². The molecule has 0 fully saturated rings. The van der Waals surface area contributed by atoms with Gasteiger partial charge in [0.05, 0.1) is 17.3 Å². The number of hydrogen-bond donors (Lipinski definition) is 0. The van der Waals surface area contributed by atoms with Crippen molar-refractivity contribution >= 4 is 17.4 Å². The minimum absolute atomic E-state index is 0.379. The first-order chi connectivity index (χ1) is 7.16. The number of para-hydroxylation sites is 1. The number of Topliss-reactive ketones (excluding diaryl/α,β-unsaturated/α-hetero) is 1. The van der Waals surface area contributed by atoms with Gasteiger partial charge < -0.3 is 0 Å². The molecule has 0 aliphatic carbocycles. The lowest BCUT2D eigenvalue weighted by atomic mass is 10.1. The van der Waals surface area contributed by atoms with Crippen LogP contribution in [0.5, 0.6) is 0 Å². The van der Waals surface area contributed by atoms with E-state index in [-0.39, 0.29) is 0 Å². The highest BCUT2D eigenvalue weighted by atomic mass is 16.2. The van der Waals surface area contributed by atoms with Gasteiger partial charge in [-0.15, -0.1) is 0 Å². The predicted octanol–water partition coefficient (Wildman–Crippen LogP) is 1.13. The molecule has 0 saturated heterocycles. The van der Waals surface area contributed by atoms with Gasteiger partial charge in [-0.05, 0) is 19.1 Å². The summed E-state index contributed by atoms with van der Waals surface area (Å²) in [4.78, 5) is 24.3. The van der Waals surface area contributed by atoms with Crippen molar-refractivity contribution in [3.05, 3.63) is 29.8 Å². The lowest BCUT2D eigenvalue weighted by Gasteiger charge is -2.18. The van der Waals surface area contributed by atoms with Crippen LogP contribution < -0.4 is 4.90 Å². The average molecular weight is 200 g/mol. The van der Waals surface area contributed by atoms with Crippen molar-refractivity contribution in [2.75, 3.05) is 4.90 Å². The van der Waals surface area contributed by atoms with Crippen molar-refractivity contribution in [3.63, 3.8) is 0 Å². The van der Waals surface area contributed by atoms with Crippen molar-refractivity contribution in [2.45, 2.75) is 13.0 Å². The monoisotopic (exact) mass is 200 g/mol. The highest BCUT2D eigenvalue weighted by Crippen LogP contribution is 2.29. The zero-order valence-electron chi connectivity index (χ0n) is 8.10. The van der Waals surface area contributed by atoms with Gasteiger partial charge in [0.2, 0.25) is 0 Å². The van der Waals surface area contributed by atoms with E-state index in [1.54, 1.807) is 31.2 Å². The van der Waals surface area contributed by atoms with Crippen LogP contribution >= 0.6 is 0 Å². The van der Waals surface area contributed by atoms with Crippen molar-refractivity contribution in [1.29, 1.82) is 5.26 Å². The van der Waals surface area contributed by atoms with Crippen molar-refractivity contribution < 1.29 is 9.59 Å². The summed E-state index contributed by atoms with van der Waals surface area (Å²) in [5, 5.41) is 8.77. The zero-order valence-corrected chi connectivity index (χ0v) is 8.10. The molecule has 1 atom stereocenters. The van der Waals surface area contributed by atoms with E-state index in [1.165, 1.54) is 4.90 Å². The largest absolute Gasteiger partial charge is 0.300 e. The Morgan fingerprint density at radius 3 is 2.67 bits per heavy atom. The fourth-order valence-electron chi connectivity index (χ4n) is 1.65. The maximum Gasteiger partial charge on any atom is 0.300 e. The fourth-order valence-corrected chi connectivity index (χ4v) is 1.65. The van der Waals surface area contributed by atoms with Crippen LogP contribution in [0.1, 0.15) is 17.3 Å². The summed E-state index contributed by atoms with van der Waals surface area (Å²) in [5.74, 6) is -1.15. The molecule has 0 bridgehead atoms. The van der Waals surface area contributed by atoms with Gasteiger partial charge in [-0.25, -0.2) is 0 Å². The first-order valence-corrected chi connectivity index (χ1v) is 4.53. The van der Waals surface area contributed by atoms with E-state index >= 15 is 0 Å². The predicted molar refractivity (Wildman–Crippen MR) is 53.3 cm³/mol. The molecule has 0 N–H and O–H groups in total. The standard InChI is InChI=1S/C11H8N2O2/c1-7(6-12)13-9-5-3-2-4-8(9)10(14)11(13)15/h2-5,7H,1H3. The lowest BCUT2D eigenvalue weighted by Crippen LogP contribution is -2.36. The molecule has 2 rings (SSSR count). The van der Waals surface area contributed by atoms with Crippen LogP contribution in [-0.4, -0.2) is 17.7 Å². The number of hydrogen-bond acceptors (Lipinski definition) is 3. The zero-order chi connectivity index (χ0) is 11.0. The number of fused-ring (bicyclic) bond motifs is 1. The van der Waals surface area contributed by atoms with E-state index in [9.17, 15) is 9.59 Å². The van der Waals surface area contributed by atoms with Gasteiger partial charge in [-0.1, -0.05) is 12.1 Å². The molecule has 1 aromatic rings. The Morgan fingerprint density at radius 2 is 2.00 bits per heavy atom. The van der Waals surface area contributed by atoms with Gasteiger partial charge in [0.15, 0.2) is 0 Å². The molecule has 0 aromatic heterocycles. The Hall–Kier alpha value is -2.15. The number of benzene rings is 1. The number of anilines is 1. The number of ketones is 1. The number of amides is 1. The smallest absolute Gasteiger partial charge is 0.289 e. The van der Waals surface area contributed by atoms with Gasteiger partial charge in [-0.2, -0.15) is 5.26 Å². The SMILES string of the molecule is CC(C#N)N1C(=O)C(=O)c2ccccc21. The van der Waals surface area contributed by atoms with Crippen molar-refractivity contribution in [3.8, 4) is 6.07 Å². The number of carbonyl (C=O) groups is 2. The Morgan fingerprint density at radius 1 is 1.33 bits per heavy atom. The highest BCUT2D eigenvalue weighted by molar-refractivity contribution is 6.52. The minimum atomic E-state index is -0.620. The number of nitrogens with zero attached hydrogens (tertiary/aromatic N) is 2. The summed E-state index contributed by atoms with van der Waals surface area (Å²) in [5.41, 5.74) is 0.908. The second kappa shape index (κ2) is 3.21. The molecule has 1 amide bonds. The molecule has 1 aromatic carbocycles. The average Bonchev–Trinajstić information content (AvgIpc) is 2.52. The Balaban J connectivity index is 2.57. The summed E-state index contributed by atoms with van der Waals surface area (Å²) in [6.07, 6.45) is 0. The van der Waals surface area contributed by atoms with E-state index in [2.05, 4.69) is 0 Å². The summed E-state index contributed by atoms with van der Waals surface area (Å²) in [7, 11) is 0. The van der Waals surface area contributed by atoms with E-state index in [0.29, 0.717) is 11.3 Å². The van der Waals surface area contributed by atoms with Crippen LogP contribution in [0.4, 0.5) is 5.69 Å². The van der Waals surface area contributed by atoms with Gasteiger partial charge >= 0.3 is 5.91 Å². The molecule has 4 heteroatoms. The maximum atomic E-state index is 11.6. The van der Waals surface area contributed by atoms with Gasteiger partial charge in [0.1, 0.15) is 6.04 Å². The third-order valence-electron chi connectivity index (χ3n) is 2.40. The molecular weight excluding hydrogens is 192 g/mol. The maximum absolute atomic E-state index is 11.6. The summed E-state index contributed by atoms with van der Waals surface area (Å²) in [6, 6.07) is 8.04. The number of nitriles is 1. The summed E-state index contributed by atoms with van der Waals surface area (Å²) < 4.78 is 0. The number of carbonyl (C=O) groups excluding carboxylic acids is 2. The third kappa shape index (κ3) is 1.21. The van der Waals surface area contributed by atoms with E-state index in [0.717, 1.165) is 0 Å². The normalized spacial score (nSPS) is 16.1. The van der Waals surface area contributed by atoms with Crippen LogP contribution in [0.2, 0.25) is 0 Å². The van der Waals surface area contributed by atoms with E-state index in [4.69, 9.17) is 5.26 Å². The molecule has 1 aliphatic rings. The Kier molecular flexibility index (Phi) is 2.01. The van der Waals surface area contributed by atoms with E-state index in [1.807, 2.05) is 6.07 Å². The second-order valence-corrected chi connectivity index (χ2v) is 3.33. The highest BCUT2D eigenvalue weighted by Gasteiger charge is 2.37. The van der Waals surface area contributed by atoms with Gasteiger partial charge in [-0.3, -0.25) is 14.5 Å². The first-order valence-electron chi connectivity index (χ1n) is 4.53. The first kappa shape index (κ1) is 9.41. The Labute approximate surface area is 86.7 Å². The summed E-state index contributed by atoms with van der Waals surface area (Å²) >= 11 is 0. The van der Waals surface area contributed by atoms with Gasteiger partial charge in [0.25, 0.3) is 5.78 Å². The molecule has 1 heterocycles. The molecule has 1 aliphatic heterocycles. The van der Waals surface area contributed by atoms with Crippen LogP contribution in [0, 0.1) is 11.3 Å². The topological polar surface area (TPSA) is 61.2 Å². The lowest BCUT2D eigenvalue weighted by molar-refractivity contribution is -0.114.